The normalized spacial score (nSPS) is 14.3. The number of carbonyl (C=O) groups excluding carboxylic acids is 2. The van der Waals surface area contributed by atoms with Gasteiger partial charge in [0.25, 0.3) is 11.8 Å². The van der Waals surface area contributed by atoms with Gasteiger partial charge in [-0.3, -0.25) is 14.5 Å². The molecular formula is C21H21ClN2O3. The van der Waals surface area contributed by atoms with Crippen LogP contribution in [0, 0.1) is 13.8 Å². The van der Waals surface area contributed by atoms with Gasteiger partial charge in [0.1, 0.15) is 5.70 Å². The van der Waals surface area contributed by atoms with Crippen LogP contribution in [-0.2, 0) is 14.3 Å². The molecule has 0 bridgehead atoms. The number of rotatable bonds is 6. The van der Waals surface area contributed by atoms with Crippen molar-refractivity contribution >= 4 is 34.7 Å². The predicted octanol–water partition coefficient (Wildman–Crippen LogP) is 3.80. The van der Waals surface area contributed by atoms with Crippen molar-refractivity contribution in [3.63, 3.8) is 0 Å². The van der Waals surface area contributed by atoms with Crippen molar-refractivity contribution < 1.29 is 14.3 Å². The molecule has 2 amide bonds. The number of ether oxygens (including phenoxy) is 1. The lowest BCUT2D eigenvalue weighted by Crippen LogP contribution is -2.35. The Hall–Kier alpha value is -2.63. The minimum atomic E-state index is -0.369. The van der Waals surface area contributed by atoms with Gasteiger partial charge in [-0.1, -0.05) is 47.5 Å². The fraction of sp³-hybridized carbons (Fsp3) is 0.238. The van der Waals surface area contributed by atoms with Crippen molar-refractivity contribution in [2.75, 3.05) is 25.6 Å². The molecule has 0 atom stereocenters. The summed E-state index contributed by atoms with van der Waals surface area (Å²) in [5, 5.41) is 3.73. The number of amides is 2. The van der Waals surface area contributed by atoms with Gasteiger partial charge >= 0.3 is 0 Å². The van der Waals surface area contributed by atoms with Gasteiger partial charge in [0.05, 0.1) is 18.7 Å². The lowest BCUT2D eigenvalue weighted by atomic mass is 10.0. The molecule has 0 unspecified atom stereocenters. The monoisotopic (exact) mass is 384 g/mol. The zero-order valence-electron chi connectivity index (χ0n) is 15.5. The summed E-state index contributed by atoms with van der Waals surface area (Å²) < 4.78 is 5.04. The maximum absolute atomic E-state index is 13.0. The van der Waals surface area contributed by atoms with Crippen LogP contribution in [-0.4, -0.2) is 37.0 Å². The molecule has 2 aromatic carbocycles. The maximum atomic E-state index is 13.0. The third kappa shape index (κ3) is 3.75. The van der Waals surface area contributed by atoms with Gasteiger partial charge in [0, 0.05) is 17.8 Å². The van der Waals surface area contributed by atoms with E-state index in [1.54, 1.807) is 12.1 Å². The van der Waals surface area contributed by atoms with Crippen molar-refractivity contribution in [2.45, 2.75) is 13.8 Å². The molecule has 0 aliphatic carbocycles. The van der Waals surface area contributed by atoms with Crippen molar-refractivity contribution in [1.82, 2.24) is 4.90 Å². The second-order valence-electron chi connectivity index (χ2n) is 6.41. The number of nitrogens with one attached hydrogen (secondary N) is 1. The Labute approximate surface area is 163 Å². The Morgan fingerprint density at radius 2 is 1.74 bits per heavy atom. The third-order valence-electron chi connectivity index (χ3n) is 4.55. The summed E-state index contributed by atoms with van der Waals surface area (Å²) in [7, 11) is 1.54. The minimum Gasteiger partial charge on any atom is -0.383 e. The predicted molar refractivity (Wildman–Crippen MR) is 107 cm³/mol. The molecule has 1 N–H and O–H groups in total. The van der Waals surface area contributed by atoms with E-state index in [4.69, 9.17) is 16.3 Å². The van der Waals surface area contributed by atoms with Crippen LogP contribution in [0.2, 0.25) is 5.02 Å². The first-order chi connectivity index (χ1) is 12.9. The fourth-order valence-corrected chi connectivity index (χ4v) is 3.12. The molecule has 0 saturated carbocycles. The van der Waals surface area contributed by atoms with E-state index in [1.807, 2.05) is 44.2 Å². The quantitative estimate of drug-likeness (QED) is 0.770. The summed E-state index contributed by atoms with van der Waals surface area (Å²) in [5.41, 5.74) is 3.89. The second kappa shape index (κ2) is 7.94. The standard InChI is InChI=1S/C21H21ClN2O3/c1-13-7-9-15(10-8-13)18-19(21(26)24(20(18)25)11-12-27-3)23-17-6-4-5-16(22)14(17)2/h4-10,23H,11-12H2,1-3H3. The Bertz CT molecular complexity index is 920. The zero-order chi connectivity index (χ0) is 19.6. The minimum absolute atomic E-state index is 0.198. The van der Waals surface area contributed by atoms with Crippen LogP contribution in [0.15, 0.2) is 48.2 Å². The number of nitrogens with zero attached hydrogens (tertiary/aromatic N) is 1. The molecule has 1 aliphatic heterocycles. The van der Waals surface area contributed by atoms with Gasteiger partial charge in [-0.15, -0.1) is 0 Å². The highest BCUT2D eigenvalue weighted by Gasteiger charge is 2.39. The number of aryl methyl sites for hydroxylation is 1. The average molecular weight is 385 g/mol. The molecule has 1 heterocycles. The molecule has 3 rings (SSSR count). The average Bonchev–Trinajstić information content (AvgIpc) is 2.88. The summed E-state index contributed by atoms with van der Waals surface area (Å²) in [6.07, 6.45) is 0. The van der Waals surface area contributed by atoms with Crippen LogP contribution in [0.1, 0.15) is 16.7 Å². The Morgan fingerprint density at radius 3 is 2.41 bits per heavy atom. The highest BCUT2D eigenvalue weighted by Crippen LogP contribution is 2.32. The van der Waals surface area contributed by atoms with Crippen LogP contribution in [0.25, 0.3) is 5.57 Å². The Kier molecular flexibility index (Phi) is 5.63. The first-order valence-corrected chi connectivity index (χ1v) is 9.00. The molecule has 6 heteroatoms. The SMILES string of the molecule is COCCN1C(=O)C(Nc2cccc(Cl)c2C)=C(c2ccc(C)cc2)C1=O. The maximum Gasteiger partial charge on any atom is 0.278 e. The highest BCUT2D eigenvalue weighted by atomic mass is 35.5. The van der Waals surface area contributed by atoms with Crippen molar-refractivity contribution in [2.24, 2.45) is 0 Å². The van der Waals surface area contributed by atoms with Crippen LogP contribution in [0.5, 0.6) is 0 Å². The molecule has 0 radical (unpaired) electrons. The number of imide groups is 1. The van der Waals surface area contributed by atoms with Crippen LogP contribution in [0.3, 0.4) is 0 Å². The summed E-state index contributed by atoms with van der Waals surface area (Å²) in [6, 6.07) is 12.9. The first kappa shape index (κ1) is 19.1. The van der Waals surface area contributed by atoms with E-state index in [-0.39, 0.29) is 30.7 Å². The van der Waals surface area contributed by atoms with E-state index in [9.17, 15) is 9.59 Å². The van der Waals surface area contributed by atoms with Crippen LogP contribution in [0.4, 0.5) is 5.69 Å². The molecule has 1 aliphatic rings. The topological polar surface area (TPSA) is 58.6 Å². The smallest absolute Gasteiger partial charge is 0.278 e. The highest BCUT2D eigenvalue weighted by molar-refractivity contribution is 6.36. The van der Waals surface area contributed by atoms with Crippen molar-refractivity contribution in [3.05, 3.63) is 69.9 Å². The van der Waals surface area contributed by atoms with E-state index >= 15 is 0 Å². The molecule has 140 valence electrons. The largest absolute Gasteiger partial charge is 0.383 e. The second-order valence-corrected chi connectivity index (χ2v) is 6.82. The lowest BCUT2D eigenvalue weighted by molar-refractivity contribution is -0.137. The molecule has 5 nitrogen and oxygen atoms in total. The molecule has 0 spiro atoms. The zero-order valence-corrected chi connectivity index (χ0v) is 16.3. The number of anilines is 1. The van der Waals surface area contributed by atoms with Gasteiger partial charge < -0.3 is 10.1 Å². The van der Waals surface area contributed by atoms with Gasteiger partial charge in [0.15, 0.2) is 0 Å². The van der Waals surface area contributed by atoms with E-state index in [0.717, 1.165) is 11.1 Å². The number of hydrogen-bond acceptors (Lipinski definition) is 4. The van der Waals surface area contributed by atoms with Gasteiger partial charge in [-0.25, -0.2) is 0 Å². The molecule has 2 aromatic rings. The van der Waals surface area contributed by atoms with Gasteiger partial charge in [-0.2, -0.15) is 0 Å². The van der Waals surface area contributed by atoms with E-state index in [1.165, 1.54) is 12.0 Å². The summed E-state index contributed by atoms with van der Waals surface area (Å²) in [6.45, 7) is 4.31. The summed E-state index contributed by atoms with van der Waals surface area (Å²) in [5.74, 6) is -0.699. The Balaban J connectivity index is 2.07. The van der Waals surface area contributed by atoms with Crippen molar-refractivity contribution in [3.8, 4) is 0 Å². The van der Waals surface area contributed by atoms with E-state index < -0.39 is 0 Å². The number of methoxy groups -OCH3 is 1. The van der Waals surface area contributed by atoms with Crippen LogP contribution < -0.4 is 5.32 Å². The molecule has 0 fully saturated rings. The third-order valence-corrected chi connectivity index (χ3v) is 4.96. The van der Waals surface area contributed by atoms with Gasteiger partial charge in [0.2, 0.25) is 0 Å². The van der Waals surface area contributed by atoms with E-state index in [2.05, 4.69) is 5.32 Å². The van der Waals surface area contributed by atoms with Crippen LogP contribution >= 0.6 is 11.6 Å². The number of carbonyl (C=O) groups is 2. The Morgan fingerprint density at radius 1 is 1.04 bits per heavy atom. The molecule has 0 aromatic heterocycles. The number of hydrogen-bond donors (Lipinski definition) is 1. The molecule has 27 heavy (non-hydrogen) atoms. The van der Waals surface area contributed by atoms with Crippen molar-refractivity contribution in [1.29, 1.82) is 0 Å². The fourth-order valence-electron chi connectivity index (χ4n) is 2.94. The first-order valence-electron chi connectivity index (χ1n) is 8.62. The number of halogens is 1. The summed E-state index contributed by atoms with van der Waals surface area (Å²) >= 11 is 6.20. The molecule has 0 saturated heterocycles. The summed E-state index contributed by atoms with van der Waals surface area (Å²) in [4.78, 5) is 27.2. The van der Waals surface area contributed by atoms with E-state index in [0.29, 0.717) is 21.8 Å². The molecular weight excluding hydrogens is 364 g/mol. The van der Waals surface area contributed by atoms with Gasteiger partial charge in [-0.05, 0) is 37.1 Å². The number of benzene rings is 2. The lowest BCUT2D eigenvalue weighted by Gasteiger charge is -2.15.